The van der Waals surface area contributed by atoms with Crippen molar-refractivity contribution in [3.05, 3.63) is 5.38 Å². The molecule has 0 N–H and O–H groups in total. The van der Waals surface area contributed by atoms with E-state index >= 15 is 0 Å². The third-order valence-electron chi connectivity index (χ3n) is 2.66. The Balaban J connectivity index is 2.08. The van der Waals surface area contributed by atoms with Crippen molar-refractivity contribution < 1.29 is 9.47 Å². The lowest BCUT2D eigenvalue weighted by molar-refractivity contribution is 0.181. The number of hydrogen-bond donors (Lipinski definition) is 0. The van der Waals surface area contributed by atoms with Crippen LogP contribution in [-0.2, 0) is 4.74 Å². The van der Waals surface area contributed by atoms with Crippen molar-refractivity contribution >= 4 is 16.5 Å². The van der Waals surface area contributed by atoms with Gasteiger partial charge in [-0.3, -0.25) is 0 Å². The van der Waals surface area contributed by atoms with Crippen LogP contribution in [0.2, 0.25) is 0 Å². The van der Waals surface area contributed by atoms with Crippen LogP contribution in [0.1, 0.15) is 12.8 Å². The summed E-state index contributed by atoms with van der Waals surface area (Å²) < 4.78 is 10.3. The molecule has 1 saturated heterocycles. The van der Waals surface area contributed by atoms with Crippen LogP contribution in [0, 0.1) is 0 Å². The molecule has 1 atom stereocenters. The van der Waals surface area contributed by atoms with E-state index in [4.69, 9.17) is 9.47 Å². The number of hydrogen-bond acceptors (Lipinski definition) is 5. The Morgan fingerprint density at radius 3 is 3.13 bits per heavy atom. The first-order chi connectivity index (χ1) is 7.35. The Morgan fingerprint density at radius 1 is 1.60 bits per heavy atom. The summed E-state index contributed by atoms with van der Waals surface area (Å²) in [6, 6.07) is 0.478. The number of nitrogens with zero attached hydrogens (tertiary/aromatic N) is 2. The molecule has 0 spiro atoms. The van der Waals surface area contributed by atoms with Gasteiger partial charge < -0.3 is 14.4 Å². The van der Waals surface area contributed by atoms with E-state index in [0.717, 1.165) is 18.3 Å². The van der Waals surface area contributed by atoms with Crippen LogP contribution in [-0.4, -0.2) is 38.4 Å². The minimum Gasteiger partial charge on any atom is -0.480 e. The van der Waals surface area contributed by atoms with Gasteiger partial charge in [0.05, 0.1) is 25.1 Å². The van der Waals surface area contributed by atoms with Crippen LogP contribution in [0.15, 0.2) is 5.38 Å². The van der Waals surface area contributed by atoms with Gasteiger partial charge in [0.2, 0.25) is 5.88 Å². The zero-order valence-corrected chi connectivity index (χ0v) is 9.92. The zero-order chi connectivity index (χ0) is 10.7. The molecule has 1 aromatic rings. The van der Waals surface area contributed by atoms with Gasteiger partial charge in [0.15, 0.2) is 5.13 Å². The van der Waals surface area contributed by atoms with Gasteiger partial charge in [0.25, 0.3) is 0 Å². The standard InChI is InChI=1S/C10H16N2O2S/c1-13-6-8-4-3-5-12(8)10-11-9(14-2)7-15-10/h7-8H,3-6H2,1-2H3. The number of anilines is 1. The SMILES string of the molecule is COCC1CCCN1c1nc(OC)cs1. The quantitative estimate of drug-likeness (QED) is 0.786. The van der Waals surface area contributed by atoms with E-state index < -0.39 is 0 Å². The molecule has 84 valence electrons. The van der Waals surface area contributed by atoms with E-state index in [2.05, 4.69) is 9.88 Å². The smallest absolute Gasteiger partial charge is 0.226 e. The normalized spacial score (nSPS) is 20.9. The summed E-state index contributed by atoms with van der Waals surface area (Å²) in [5, 5.41) is 2.99. The molecule has 0 saturated carbocycles. The summed E-state index contributed by atoms with van der Waals surface area (Å²) in [5.74, 6) is 0.707. The highest BCUT2D eigenvalue weighted by Crippen LogP contribution is 2.30. The van der Waals surface area contributed by atoms with Crippen LogP contribution in [0.4, 0.5) is 5.13 Å². The Morgan fingerprint density at radius 2 is 2.47 bits per heavy atom. The average molecular weight is 228 g/mol. The fourth-order valence-electron chi connectivity index (χ4n) is 1.93. The van der Waals surface area contributed by atoms with Crippen molar-refractivity contribution in [2.45, 2.75) is 18.9 Å². The second kappa shape index (κ2) is 4.81. The van der Waals surface area contributed by atoms with E-state index in [1.165, 1.54) is 12.8 Å². The summed E-state index contributed by atoms with van der Waals surface area (Å²) in [6.45, 7) is 1.85. The molecule has 1 aliphatic rings. The number of rotatable bonds is 4. The van der Waals surface area contributed by atoms with Crippen molar-refractivity contribution in [1.29, 1.82) is 0 Å². The highest BCUT2D eigenvalue weighted by Gasteiger charge is 2.26. The van der Waals surface area contributed by atoms with Gasteiger partial charge >= 0.3 is 0 Å². The van der Waals surface area contributed by atoms with Gasteiger partial charge in [0.1, 0.15) is 0 Å². The molecule has 1 unspecified atom stereocenters. The summed E-state index contributed by atoms with van der Waals surface area (Å²) in [7, 11) is 3.40. The van der Waals surface area contributed by atoms with Crippen molar-refractivity contribution in [1.82, 2.24) is 4.98 Å². The minimum absolute atomic E-state index is 0.478. The molecule has 1 aliphatic heterocycles. The van der Waals surface area contributed by atoms with Crippen LogP contribution in [0.25, 0.3) is 0 Å². The van der Waals surface area contributed by atoms with Crippen molar-refractivity contribution in [2.24, 2.45) is 0 Å². The number of ether oxygens (including phenoxy) is 2. The third-order valence-corrected chi connectivity index (χ3v) is 3.52. The third kappa shape index (κ3) is 2.23. The first-order valence-corrected chi connectivity index (χ1v) is 5.98. The van der Waals surface area contributed by atoms with Gasteiger partial charge in [-0.05, 0) is 12.8 Å². The van der Waals surface area contributed by atoms with Crippen LogP contribution < -0.4 is 9.64 Å². The fourth-order valence-corrected chi connectivity index (χ4v) is 2.80. The monoisotopic (exact) mass is 228 g/mol. The van der Waals surface area contributed by atoms with E-state index in [-0.39, 0.29) is 0 Å². The Kier molecular flexibility index (Phi) is 3.43. The molecular weight excluding hydrogens is 212 g/mol. The molecule has 4 nitrogen and oxygen atoms in total. The van der Waals surface area contributed by atoms with Crippen LogP contribution >= 0.6 is 11.3 Å². The molecular formula is C10H16N2O2S. The average Bonchev–Trinajstić information content (AvgIpc) is 2.85. The lowest BCUT2D eigenvalue weighted by Gasteiger charge is -2.22. The molecule has 0 aromatic carbocycles. The van der Waals surface area contributed by atoms with E-state index in [1.54, 1.807) is 25.6 Å². The van der Waals surface area contributed by atoms with Gasteiger partial charge in [-0.2, -0.15) is 4.98 Å². The van der Waals surface area contributed by atoms with Gasteiger partial charge in [-0.15, -0.1) is 11.3 Å². The molecule has 0 aliphatic carbocycles. The Labute approximate surface area is 93.8 Å². The van der Waals surface area contributed by atoms with E-state index in [0.29, 0.717) is 11.9 Å². The zero-order valence-electron chi connectivity index (χ0n) is 9.10. The minimum atomic E-state index is 0.478. The van der Waals surface area contributed by atoms with Crippen LogP contribution in [0.3, 0.4) is 0 Å². The number of methoxy groups -OCH3 is 2. The number of thiazole rings is 1. The van der Waals surface area contributed by atoms with Crippen molar-refractivity contribution in [3.63, 3.8) is 0 Å². The van der Waals surface area contributed by atoms with E-state index in [1.807, 2.05) is 5.38 Å². The second-order valence-corrected chi connectivity index (χ2v) is 4.45. The van der Waals surface area contributed by atoms with Crippen molar-refractivity contribution in [3.8, 4) is 5.88 Å². The maximum Gasteiger partial charge on any atom is 0.226 e. The number of aromatic nitrogens is 1. The van der Waals surface area contributed by atoms with Gasteiger partial charge in [0, 0.05) is 13.7 Å². The van der Waals surface area contributed by atoms with Crippen molar-refractivity contribution in [2.75, 3.05) is 32.3 Å². The maximum absolute atomic E-state index is 5.21. The molecule has 2 rings (SSSR count). The Hall–Kier alpha value is -0.810. The lowest BCUT2D eigenvalue weighted by Crippen LogP contribution is -2.32. The highest BCUT2D eigenvalue weighted by atomic mass is 32.1. The summed E-state index contributed by atoms with van der Waals surface area (Å²) >= 11 is 1.64. The first-order valence-electron chi connectivity index (χ1n) is 5.10. The van der Waals surface area contributed by atoms with Crippen LogP contribution in [0.5, 0.6) is 5.88 Å². The van der Waals surface area contributed by atoms with E-state index in [9.17, 15) is 0 Å². The molecule has 2 heterocycles. The first kappa shape index (κ1) is 10.7. The second-order valence-electron chi connectivity index (χ2n) is 3.62. The fraction of sp³-hybridized carbons (Fsp3) is 0.700. The lowest BCUT2D eigenvalue weighted by atomic mass is 10.2. The van der Waals surface area contributed by atoms with Gasteiger partial charge in [-0.25, -0.2) is 0 Å². The topological polar surface area (TPSA) is 34.6 Å². The predicted octanol–water partition coefficient (Wildman–Crippen LogP) is 1.77. The largest absolute Gasteiger partial charge is 0.480 e. The molecule has 0 radical (unpaired) electrons. The molecule has 1 fully saturated rings. The molecule has 0 amide bonds. The summed E-state index contributed by atoms with van der Waals surface area (Å²) in [5.41, 5.74) is 0. The predicted molar refractivity (Wildman–Crippen MR) is 60.9 cm³/mol. The molecule has 5 heteroatoms. The Bertz CT molecular complexity index is 316. The molecule has 15 heavy (non-hydrogen) atoms. The molecule has 0 bridgehead atoms. The summed E-state index contributed by atoms with van der Waals surface area (Å²) in [6.07, 6.45) is 2.41. The molecule has 1 aromatic heterocycles. The maximum atomic E-state index is 5.21. The van der Waals surface area contributed by atoms with Gasteiger partial charge in [-0.1, -0.05) is 0 Å². The summed E-state index contributed by atoms with van der Waals surface area (Å²) in [4.78, 5) is 6.73. The highest BCUT2D eigenvalue weighted by molar-refractivity contribution is 7.13.